The summed E-state index contributed by atoms with van der Waals surface area (Å²) < 4.78 is 32.3. The van der Waals surface area contributed by atoms with E-state index in [-0.39, 0.29) is 4.90 Å². The van der Waals surface area contributed by atoms with Crippen LogP contribution >= 0.6 is 0 Å². The number of fused-ring (bicyclic) bond motifs is 1. The number of hydrogen-bond acceptors (Lipinski definition) is 4. The maximum absolute atomic E-state index is 12.5. The first-order chi connectivity index (χ1) is 12.9. The van der Waals surface area contributed by atoms with Gasteiger partial charge in [-0.05, 0) is 42.6 Å². The van der Waals surface area contributed by atoms with E-state index in [0.717, 1.165) is 5.39 Å². The Balaban J connectivity index is 0.000000817. The number of esters is 1. The zero-order valence-corrected chi connectivity index (χ0v) is 16.0. The van der Waals surface area contributed by atoms with Crippen LogP contribution in [-0.2, 0) is 14.8 Å². The number of methoxy groups -OCH3 is 1. The second-order valence-corrected chi connectivity index (χ2v) is 7.24. The maximum Gasteiger partial charge on any atom is 0.337 e. The molecule has 27 heavy (non-hydrogen) atoms. The number of benzene rings is 3. The van der Waals surface area contributed by atoms with Crippen LogP contribution in [0, 0.1) is 0 Å². The highest BCUT2D eigenvalue weighted by Gasteiger charge is 2.15. The fourth-order valence-corrected chi connectivity index (χ4v) is 3.52. The summed E-state index contributed by atoms with van der Waals surface area (Å²) in [7, 11) is -2.36. The number of anilines is 1. The lowest BCUT2D eigenvalue weighted by Crippen LogP contribution is -2.13. The predicted octanol–water partition coefficient (Wildman–Crippen LogP) is 4.62. The first-order valence-corrected chi connectivity index (χ1v) is 9.67. The van der Waals surface area contributed by atoms with Crippen molar-refractivity contribution in [3.05, 3.63) is 84.9 Å². The molecule has 140 valence electrons. The molecule has 3 aromatic carbocycles. The van der Waals surface area contributed by atoms with Crippen LogP contribution in [0.15, 0.2) is 84.3 Å². The van der Waals surface area contributed by atoms with Gasteiger partial charge in [-0.1, -0.05) is 42.5 Å². The molecule has 0 aromatic heterocycles. The van der Waals surface area contributed by atoms with Crippen LogP contribution in [0.25, 0.3) is 10.8 Å². The van der Waals surface area contributed by atoms with Crippen molar-refractivity contribution < 1.29 is 17.9 Å². The molecular formula is C21H21NO4S. The molecule has 0 aliphatic carbocycles. The Morgan fingerprint density at radius 1 is 1.04 bits per heavy atom. The van der Waals surface area contributed by atoms with Gasteiger partial charge in [0.1, 0.15) is 0 Å². The summed E-state index contributed by atoms with van der Waals surface area (Å²) in [6.45, 7) is 5.25. The molecule has 0 bridgehead atoms. The van der Waals surface area contributed by atoms with Gasteiger partial charge in [0.15, 0.2) is 0 Å². The summed E-state index contributed by atoms with van der Waals surface area (Å²) in [4.78, 5) is 11.8. The molecule has 0 unspecified atom stereocenters. The summed E-state index contributed by atoms with van der Waals surface area (Å²) in [5.74, 6) is -0.438. The summed E-state index contributed by atoms with van der Waals surface area (Å²) in [6.07, 6.45) is 1.75. The van der Waals surface area contributed by atoms with Crippen molar-refractivity contribution in [1.82, 2.24) is 0 Å². The Morgan fingerprint density at radius 3 is 2.33 bits per heavy atom. The van der Waals surface area contributed by atoms with Crippen molar-refractivity contribution in [2.24, 2.45) is 0 Å². The van der Waals surface area contributed by atoms with Crippen molar-refractivity contribution in [2.75, 3.05) is 11.8 Å². The molecule has 3 rings (SSSR count). The number of rotatable bonds is 4. The molecule has 0 aliphatic heterocycles. The number of sulfonamides is 1. The number of hydrogen-bond donors (Lipinski definition) is 1. The van der Waals surface area contributed by atoms with E-state index in [9.17, 15) is 13.2 Å². The Bertz CT molecular complexity index is 1040. The quantitative estimate of drug-likeness (QED) is 0.527. The molecule has 0 amide bonds. The van der Waals surface area contributed by atoms with Crippen LogP contribution in [0.3, 0.4) is 0 Å². The molecule has 6 heteroatoms. The monoisotopic (exact) mass is 383 g/mol. The minimum absolute atomic E-state index is 0.188. The molecule has 0 saturated carbocycles. The first-order valence-electron chi connectivity index (χ1n) is 8.19. The molecule has 0 saturated heterocycles. The Morgan fingerprint density at radius 2 is 1.70 bits per heavy atom. The van der Waals surface area contributed by atoms with E-state index in [0.29, 0.717) is 16.6 Å². The molecule has 0 heterocycles. The smallest absolute Gasteiger partial charge is 0.337 e. The lowest BCUT2D eigenvalue weighted by molar-refractivity contribution is 0.0601. The maximum atomic E-state index is 12.5. The molecular weight excluding hydrogens is 362 g/mol. The van der Waals surface area contributed by atoms with Crippen LogP contribution in [0.1, 0.15) is 17.3 Å². The number of ether oxygens (including phenoxy) is 1. The number of carbonyl (C=O) groups excluding carboxylic acids is 1. The largest absolute Gasteiger partial charge is 0.465 e. The van der Waals surface area contributed by atoms with E-state index in [1.54, 1.807) is 54.6 Å². The van der Waals surface area contributed by atoms with Crippen LogP contribution in [0.2, 0.25) is 0 Å². The highest BCUT2D eigenvalue weighted by molar-refractivity contribution is 7.92. The molecule has 0 spiro atoms. The molecule has 5 nitrogen and oxygen atoms in total. The van der Waals surface area contributed by atoms with Gasteiger partial charge in [-0.15, -0.1) is 6.58 Å². The van der Waals surface area contributed by atoms with Crippen molar-refractivity contribution >= 4 is 32.5 Å². The number of allylic oxidation sites excluding steroid dienone is 1. The fraction of sp³-hybridized carbons (Fsp3) is 0.0952. The van der Waals surface area contributed by atoms with E-state index in [1.807, 2.05) is 13.0 Å². The molecule has 1 N–H and O–H groups in total. The van der Waals surface area contributed by atoms with Gasteiger partial charge in [0.25, 0.3) is 10.0 Å². The summed E-state index contributed by atoms with van der Waals surface area (Å²) >= 11 is 0. The normalized spacial score (nSPS) is 10.4. The van der Waals surface area contributed by atoms with Crippen molar-refractivity contribution in [1.29, 1.82) is 0 Å². The van der Waals surface area contributed by atoms with Crippen LogP contribution in [0.5, 0.6) is 0 Å². The van der Waals surface area contributed by atoms with Gasteiger partial charge in [-0.25, -0.2) is 13.2 Å². The van der Waals surface area contributed by atoms with Gasteiger partial charge >= 0.3 is 5.97 Å². The third-order valence-corrected chi connectivity index (χ3v) is 4.98. The van der Waals surface area contributed by atoms with Crippen LogP contribution in [0.4, 0.5) is 5.69 Å². The molecule has 0 fully saturated rings. The van der Waals surface area contributed by atoms with Gasteiger partial charge in [0.2, 0.25) is 0 Å². The van der Waals surface area contributed by atoms with Crippen LogP contribution in [-0.4, -0.2) is 21.5 Å². The van der Waals surface area contributed by atoms with E-state index in [1.165, 1.54) is 19.2 Å². The van der Waals surface area contributed by atoms with E-state index in [4.69, 9.17) is 4.74 Å². The molecule has 0 atom stereocenters. The van der Waals surface area contributed by atoms with E-state index in [2.05, 4.69) is 11.3 Å². The summed E-state index contributed by atoms with van der Waals surface area (Å²) in [6, 6.07) is 18.3. The average Bonchev–Trinajstić information content (AvgIpc) is 2.68. The standard InChI is InChI=1S/C18H15NO4S.C3H6/c1-23-18(20)14-10-11-16-13(12-14)6-5-9-17(16)19-24(21,22)15-7-3-2-4-8-15;1-3-2/h2-12,19H,1H3;3H,1H2,2H3. The summed E-state index contributed by atoms with van der Waals surface area (Å²) in [5.41, 5.74) is 0.862. The highest BCUT2D eigenvalue weighted by Crippen LogP contribution is 2.27. The van der Waals surface area contributed by atoms with E-state index < -0.39 is 16.0 Å². The van der Waals surface area contributed by atoms with Gasteiger partial charge in [0, 0.05) is 5.39 Å². The van der Waals surface area contributed by atoms with Gasteiger partial charge in [-0.2, -0.15) is 0 Å². The molecule has 3 aromatic rings. The number of carbonyl (C=O) groups is 1. The minimum Gasteiger partial charge on any atom is -0.465 e. The fourth-order valence-electron chi connectivity index (χ4n) is 2.42. The van der Waals surface area contributed by atoms with Crippen LogP contribution < -0.4 is 4.72 Å². The third-order valence-electron chi connectivity index (χ3n) is 3.60. The predicted molar refractivity (Wildman–Crippen MR) is 108 cm³/mol. The zero-order valence-electron chi connectivity index (χ0n) is 15.2. The van der Waals surface area contributed by atoms with E-state index >= 15 is 0 Å². The van der Waals surface area contributed by atoms with Crippen molar-refractivity contribution in [3.63, 3.8) is 0 Å². The second-order valence-electron chi connectivity index (χ2n) is 5.56. The SMILES string of the molecule is C=CC.COC(=O)c1ccc2c(NS(=O)(=O)c3ccccc3)cccc2c1. The number of nitrogens with one attached hydrogen (secondary N) is 1. The molecule has 0 radical (unpaired) electrons. The van der Waals surface area contributed by atoms with Crippen molar-refractivity contribution in [3.8, 4) is 0 Å². The van der Waals surface area contributed by atoms with Gasteiger partial charge in [0.05, 0.1) is 23.3 Å². The first kappa shape index (κ1) is 20.2. The highest BCUT2D eigenvalue weighted by atomic mass is 32.2. The lowest BCUT2D eigenvalue weighted by Gasteiger charge is -2.11. The minimum atomic E-state index is -3.68. The van der Waals surface area contributed by atoms with Gasteiger partial charge in [-0.3, -0.25) is 4.72 Å². The molecule has 0 aliphatic rings. The van der Waals surface area contributed by atoms with Gasteiger partial charge < -0.3 is 4.74 Å². The topological polar surface area (TPSA) is 72.5 Å². The second kappa shape index (κ2) is 9.00. The Labute approximate surface area is 159 Å². The summed E-state index contributed by atoms with van der Waals surface area (Å²) in [5, 5.41) is 1.44. The van der Waals surface area contributed by atoms with Crippen molar-refractivity contribution in [2.45, 2.75) is 11.8 Å². The Hall–Kier alpha value is -3.12. The average molecular weight is 383 g/mol. The third kappa shape index (κ3) is 4.95. The Kier molecular flexibility index (Phi) is 6.73. The zero-order chi connectivity index (χ0) is 19.9. The lowest BCUT2D eigenvalue weighted by atomic mass is 10.1.